The summed E-state index contributed by atoms with van der Waals surface area (Å²) in [6, 6.07) is 0. The van der Waals surface area contributed by atoms with Gasteiger partial charge in [0, 0.05) is 0 Å². The molecule has 0 aromatic carbocycles. The van der Waals surface area contributed by atoms with Crippen molar-refractivity contribution in [2.45, 2.75) is 53.3 Å². The average molecular weight is 558 g/mol. The third-order valence-corrected chi connectivity index (χ3v) is 5.68. The number of rotatable bonds is 7. The Morgan fingerprint density at radius 3 is 0.750 bits per heavy atom. The zero-order chi connectivity index (χ0) is 27.0. The van der Waals surface area contributed by atoms with Crippen LogP contribution in [-0.4, -0.2) is 53.3 Å². The van der Waals surface area contributed by atoms with Gasteiger partial charge in [0.05, 0.1) is 0 Å². The Morgan fingerprint density at radius 2 is 0.500 bits per heavy atom. The molecule has 0 saturated carbocycles. The van der Waals surface area contributed by atoms with E-state index in [-0.39, 0.29) is 0 Å². The maximum atomic E-state index is 13.1. The van der Waals surface area contributed by atoms with E-state index in [0.29, 0.717) is 0 Å². The van der Waals surface area contributed by atoms with Crippen LogP contribution in [0.15, 0.2) is 0 Å². The van der Waals surface area contributed by atoms with Gasteiger partial charge in [-0.25, -0.2) is 0 Å². The van der Waals surface area contributed by atoms with Crippen molar-refractivity contribution in [2.24, 2.45) is 0 Å². The van der Waals surface area contributed by atoms with Crippen LogP contribution in [0.5, 0.6) is 0 Å². The summed E-state index contributed by atoms with van der Waals surface area (Å²) in [7, 11) is -11.1. The molecule has 0 saturated heterocycles. The third-order valence-electron chi connectivity index (χ3n) is 3.47. The predicted octanol–water partition coefficient (Wildman–Crippen LogP) is 7.99. The zero-order valence-corrected chi connectivity index (χ0v) is 14.3. The Bertz CT molecular complexity index is 631. The Kier molecular flexibility index (Phi) is 6.94. The topological polar surface area (TPSA) is 0 Å². The molecule has 0 unspecified atom stereocenters. The van der Waals surface area contributed by atoms with E-state index in [2.05, 4.69) is 0 Å². The summed E-state index contributed by atoms with van der Waals surface area (Å²) in [4.78, 5) is 0. The van der Waals surface area contributed by atoms with Crippen LogP contribution in [0.4, 0.5) is 96.2 Å². The second kappa shape index (κ2) is 7.19. The van der Waals surface area contributed by atoms with Gasteiger partial charge in [0.2, 0.25) is 0 Å². The van der Waals surface area contributed by atoms with Gasteiger partial charge in [0.15, 0.2) is 0 Å². The third kappa shape index (κ3) is 3.52. The Morgan fingerprint density at radius 1 is 0.281 bits per heavy atom. The fourth-order valence-electron chi connectivity index (χ4n) is 1.54. The molecule has 0 atom stereocenters. The fraction of sp³-hybridized carbons (Fsp3) is 1.00. The van der Waals surface area contributed by atoms with Crippen LogP contribution in [0.2, 0.25) is 0 Å². The molecule has 0 nitrogen and oxygen atoms in total. The molecule has 0 aromatic heterocycles. The summed E-state index contributed by atoms with van der Waals surface area (Å²) in [5.74, 6) is -44.0. The molecular formula is C9HF22P. The normalized spacial score (nSPS) is 17.6. The number of halogens is 22. The van der Waals surface area contributed by atoms with Crippen LogP contribution >= 0.6 is 7.88 Å². The molecule has 0 aliphatic heterocycles. The van der Waals surface area contributed by atoms with Gasteiger partial charge in [-0.3, -0.25) is 0 Å². The van der Waals surface area contributed by atoms with Gasteiger partial charge in [-0.2, -0.15) is 0 Å². The van der Waals surface area contributed by atoms with Crippen molar-refractivity contribution >= 4 is 7.88 Å². The van der Waals surface area contributed by atoms with E-state index in [1.54, 1.807) is 0 Å². The number of alkyl halides is 20. The van der Waals surface area contributed by atoms with Gasteiger partial charge >= 0.3 is 157 Å². The van der Waals surface area contributed by atoms with E-state index < -0.39 is 61.2 Å². The molecule has 0 aliphatic rings. The van der Waals surface area contributed by atoms with Gasteiger partial charge in [0.25, 0.3) is 0 Å². The molecular weight excluding hydrogens is 557 g/mol. The molecule has 0 spiro atoms. The van der Waals surface area contributed by atoms with Gasteiger partial charge in [-0.15, -0.1) is 0 Å². The Balaban J connectivity index is 7.00. The van der Waals surface area contributed by atoms with Crippen molar-refractivity contribution in [3.8, 4) is 0 Å². The van der Waals surface area contributed by atoms with Crippen molar-refractivity contribution in [1.82, 2.24) is 0 Å². The first kappa shape index (κ1) is 30.9. The van der Waals surface area contributed by atoms with E-state index in [1.165, 1.54) is 0 Å². The van der Waals surface area contributed by atoms with E-state index in [4.69, 9.17) is 0 Å². The van der Waals surface area contributed by atoms with Gasteiger partial charge in [0.1, 0.15) is 0 Å². The van der Waals surface area contributed by atoms with E-state index in [1.807, 2.05) is 0 Å². The second-order valence-electron chi connectivity index (χ2n) is 5.59. The molecule has 0 aromatic rings. The molecule has 0 amide bonds. The minimum atomic E-state index is -11.1. The van der Waals surface area contributed by atoms with Crippen molar-refractivity contribution in [3.63, 3.8) is 0 Å². The first-order valence-corrected chi connectivity index (χ1v) is 8.16. The van der Waals surface area contributed by atoms with E-state index in [0.717, 1.165) is 0 Å². The number of hydrogen-bond acceptors (Lipinski definition) is 0. The fourth-order valence-corrected chi connectivity index (χ4v) is 3.02. The van der Waals surface area contributed by atoms with Crippen LogP contribution < -0.4 is 0 Å². The first-order valence-electron chi connectivity index (χ1n) is 6.41. The molecule has 0 aliphatic carbocycles. The van der Waals surface area contributed by atoms with Gasteiger partial charge in [-0.1, -0.05) is 0 Å². The molecule has 23 heteroatoms. The van der Waals surface area contributed by atoms with Crippen LogP contribution in [0.3, 0.4) is 0 Å². The minimum absolute atomic E-state index is 7.99. The van der Waals surface area contributed by atoms with E-state index >= 15 is 0 Å². The molecule has 0 rings (SSSR count). The standard InChI is InChI=1S/C9HF22P/c10-1(11,3(14,15)6(20,21)22)2(12,13)4(16,17)8(26,27)32(30,31)9(28,29)5(18,19)7(23,24)25/h32H. The van der Waals surface area contributed by atoms with Gasteiger partial charge in [-0.05, 0) is 0 Å². The Hall–Kier alpha value is -1.11. The molecule has 32 heavy (non-hydrogen) atoms. The van der Waals surface area contributed by atoms with Gasteiger partial charge < -0.3 is 0 Å². The second-order valence-corrected chi connectivity index (χ2v) is 8.00. The zero-order valence-electron chi connectivity index (χ0n) is 13.3. The quantitative estimate of drug-likeness (QED) is 0.220. The Labute approximate surface area is 159 Å². The van der Waals surface area contributed by atoms with E-state index in [9.17, 15) is 96.2 Å². The summed E-state index contributed by atoms with van der Waals surface area (Å²) in [6.45, 7) is 0. The first-order chi connectivity index (χ1) is 13.2. The summed E-state index contributed by atoms with van der Waals surface area (Å²) in [5.41, 5.74) is -17.9. The number of hydrogen-bond donors (Lipinski definition) is 0. The summed E-state index contributed by atoms with van der Waals surface area (Å²) >= 11 is 0. The van der Waals surface area contributed by atoms with Crippen LogP contribution in [-0.2, 0) is 0 Å². The molecule has 196 valence electrons. The summed E-state index contributed by atoms with van der Waals surface area (Å²) < 4.78 is 277. The molecule has 0 heterocycles. The average Bonchev–Trinajstić information content (AvgIpc) is 2.51. The van der Waals surface area contributed by atoms with Crippen LogP contribution in [0, 0.1) is 0 Å². The van der Waals surface area contributed by atoms with Crippen LogP contribution in [0.25, 0.3) is 0 Å². The van der Waals surface area contributed by atoms with Crippen molar-refractivity contribution in [3.05, 3.63) is 0 Å². The van der Waals surface area contributed by atoms with Crippen molar-refractivity contribution < 1.29 is 96.2 Å². The maximum absolute atomic E-state index is 13.1. The SMILES string of the molecule is FC(F)(F)C(F)(F)C(F)(F)C(F)(F)C(F)(F)C(F)(F)[PH](F)(F)C(F)(F)C(F)(F)C(F)(F)F. The van der Waals surface area contributed by atoms with Crippen molar-refractivity contribution in [1.29, 1.82) is 0 Å². The molecule has 0 N–H and O–H groups in total. The molecule has 0 bridgehead atoms. The van der Waals surface area contributed by atoms with Crippen LogP contribution in [0.1, 0.15) is 0 Å². The molecule has 0 fully saturated rings. The monoisotopic (exact) mass is 558 g/mol. The predicted molar refractivity (Wildman–Crippen MR) is 57.3 cm³/mol. The molecule has 0 radical (unpaired) electrons. The summed E-state index contributed by atoms with van der Waals surface area (Å²) in [6.07, 6.45) is -16.0. The van der Waals surface area contributed by atoms with Crippen molar-refractivity contribution in [2.75, 3.05) is 0 Å². The summed E-state index contributed by atoms with van der Waals surface area (Å²) in [5, 5.41) is 0.